The van der Waals surface area contributed by atoms with Crippen LogP contribution < -0.4 is 5.32 Å². The van der Waals surface area contributed by atoms with E-state index in [1.807, 2.05) is 41.4 Å². The van der Waals surface area contributed by atoms with Gasteiger partial charge in [-0.05, 0) is 36.6 Å². The molecule has 1 N–H and O–H groups in total. The molecule has 2 aromatic heterocycles. The molecule has 0 unspecified atom stereocenters. The Balaban J connectivity index is 1.43. The molecule has 0 saturated carbocycles. The molecule has 0 aliphatic carbocycles. The molecule has 0 radical (unpaired) electrons. The van der Waals surface area contributed by atoms with Crippen molar-refractivity contribution in [1.82, 2.24) is 29.7 Å². The lowest BCUT2D eigenvalue weighted by Gasteiger charge is -2.34. The molecule has 3 aromatic rings. The van der Waals surface area contributed by atoms with Gasteiger partial charge in [0.15, 0.2) is 5.65 Å². The minimum Gasteiger partial charge on any atom is -0.338 e. The lowest BCUT2D eigenvalue weighted by molar-refractivity contribution is 0.133. The van der Waals surface area contributed by atoms with Crippen LogP contribution in [0.25, 0.3) is 16.9 Å². The van der Waals surface area contributed by atoms with E-state index in [0.29, 0.717) is 5.92 Å². The Morgan fingerprint density at radius 2 is 1.83 bits per heavy atom. The number of hydrogen-bond acceptors (Lipinski definition) is 4. The smallest absolute Gasteiger partial charge is 0.317 e. The molecule has 1 aliphatic rings. The third-order valence-corrected chi connectivity index (χ3v) is 5.52. The van der Waals surface area contributed by atoms with Crippen molar-refractivity contribution in [2.45, 2.75) is 26.8 Å². The highest BCUT2D eigenvalue weighted by atomic mass is 16.2. The topological polar surface area (TPSA) is 66.3 Å². The third-order valence-electron chi connectivity index (χ3n) is 5.52. The summed E-state index contributed by atoms with van der Waals surface area (Å²) in [6, 6.07) is 14.2. The van der Waals surface area contributed by atoms with Crippen LogP contribution in [0, 0.1) is 5.92 Å². The summed E-state index contributed by atoms with van der Waals surface area (Å²) in [6.45, 7) is 8.95. The SMILES string of the molecule is CC(C)CCNC(=O)N1CCN(Cc2nc3cccnc3n2-c2ccccc2)CC1. The van der Waals surface area contributed by atoms with Crippen molar-refractivity contribution < 1.29 is 4.79 Å². The van der Waals surface area contributed by atoms with Crippen molar-refractivity contribution in [2.75, 3.05) is 32.7 Å². The maximum Gasteiger partial charge on any atom is 0.317 e. The van der Waals surface area contributed by atoms with Crippen LogP contribution in [0.4, 0.5) is 4.79 Å². The predicted octanol–water partition coefficient (Wildman–Crippen LogP) is 3.29. The summed E-state index contributed by atoms with van der Waals surface area (Å²) in [7, 11) is 0. The van der Waals surface area contributed by atoms with Gasteiger partial charge < -0.3 is 10.2 Å². The van der Waals surface area contributed by atoms with Gasteiger partial charge in [-0.2, -0.15) is 0 Å². The summed E-state index contributed by atoms with van der Waals surface area (Å²) in [4.78, 5) is 26.1. The number of carbonyl (C=O) groups excluding carboxylic acids is 1. The molecule has 0 atom stereocenters. The van der Waals surface area contributed by atoms with E-state index in [0.717, 1.165) is 68.4 Å². The van der Waals surface area contributed by atoms with E-state index in [-0.39, 0.29) is 6.03 Å². The maximum absolute atomic E-state index is 12.4. The second-order valence-corrected chi connectivity index (χ2v) is 8.22. The zero-order chi connectivity index (χ0) is 20.9. The average molecular weight is 407 g/mol. The zero-order valence-electron chi connectivity index (χ0n) is 17.8. The van der Waals surface area contributed by atoms with Crippen LogP contribution in [0.3, 0.4) is 0 Å². The van der Waals surface area contributed by atoms with E-state index in [2.05, 4.69) is 45.7 Å². The van der Waals surface area contributed by atoms with Crippen LogP contribution in [0.5, 0.6) is 0 Å². The Morgan fingerprint density at radius 1 is 1.07 bits per heavy atom. The van der Waals surface area contributed by atoms with E-state index < -0.39 is 0 Å². The summed E-state index contributed by atoms with van der Waals surface area (Å²) >= 11 is 0. The number of piperazine rings is 1. The largest absolute Gasteiger partial charge is 0.338 e. The van der Waals surface area contributed by atoms with Gasteiger partial charge in [0, 0.05) is 44.6 Å². The molecule has 4 rings (SSSR count). The number of aromatic nitrogens is 3. The fourth-order valence-corrected chi connectivity index (χ4v) is 3.80. The highest BCUT2D eigenvalue weighted by Crippen LogP contribution is 2.21. The van der Waals surface area contributed by atoms with Gasteiger partial charge in [-0.3, -0.25) is 9.47 Å². The van der Waals surface area contributed by atoms with Crippen LogP contribution >= 0.6 is 0 Å². The lowest BCUT2D eigenvalue weighted by Crippen LogP contribution is -2.51. The third kappa shape index (κ3) is 4.62. The van der Waals surface area contributed by atoms with Crippen LogP contribution in [-0.2, 0) is 6.54 Å². The summed E-state index contributed by atoms with van der Waals surface area (Å²) in [6.07, 6.45) is 2.82. The van der Waals surface area contributed by atoms with Gasteiger partial charge in [-0.15, -0.1) is 0 Å². The number of nitrogens with one attached hydrogen (secondary N) is 1. The van der Waals surface area contributed by atoms with Crippen molar-refractivity contribution in [3.05, 3.63) is 54.5 Å². The second-order valence-electron chi connectivity index (χ2n) is 8.22. The molecule has 7 nitrogen and oxygen atoms in total. The number of benzene rings is 1. The Bertz CT molecular complexity index is 976. The number of urea groups is 1. The van der Waals surface area contributed by atoms with Crippen LogP contribution in [-0.4, -0.2) is 63.1 Å². The summed E-state index contributed by atoms with van der Waals surface area (Å²) in [5.41, 5.74) is 2.85. The summed E-state index contributed by atoms with van der Waals surface area (Å²) < 4.78 is 2.14. The number of imidazole rings is 1. The number of fused-ring (bicyclic) bond motifs is 1. The first-order valence-corrected chi connectivity index (χ1v) is 10.7. The number of pyridine rings is 1. The molecular formula is C23H30N6O. The van der Waals surface area contributed by atoms with E-state index in [9.17, 15) is 4.79 Å². The van der Waals surface area contributed by atoms with E-state index >= 15 is 0 Å². The molecule has 30 heavy (non-hydrogen) atoms. The normalized spacial score (nSPS) is 15.1. The highest BCUT2D eigenvalue weighted by molar-refractivity contribution is 5.74. The van der Waals surface area contributed by atoms with Crippen LogP contribution in [0.1, 0.15) is 26.1 Å². The van der Waals surface area contributed by atoms with Gasteiger partial charge in [-0.1, -0.05) is 32.0 Å². The monoisotopic (exact) mass is 406 g/mol. The molecule has 1 aliphatic heterocycles. The minimum atomic E-state index is 0.0519. The Kier molecular flexibility index (Phi) is 6.28. The number of hydrogen-bond donors (Lipinski definition) is 1. The van der Waals surface area contributed by atoms with Gasteiger partial charge in [-0.25, -0.2) is 14.8 Å². The molecule has 7 heteroatoms. The number of nitrogens with zero attached hydrogens (tertiary/aromatic N) is 5. The van der Waals surface area contributed by atoms with Crippen molar-refractivity contribution in [3.8, 4) is 5.69 Å². The van der Waals surface area contributed by atoms with Gasteiger partial charge >= 0.3 is 6.03 Å². The first-order valence-electron chi connectivity index (χ1n) is 10.7. The quantitative estimate of drug-likeness (QED) is 0.682. The van der Waals surface area contributed by atoms with Gasteiger partial charge in [0.05, 0.1) is 6.54 Å². The van der Waals surface area contributed by atoms with Crippen molar-refractivity contribution in [2.24, 2.45) is 5.92 Å². The predicted molar refractivity (Wildman–Crippen MR) is 119 cm³/mol. The Hall–Kier alpha value is -2.93. The fourth-order valence-electron chi connectivity index (χ4n) is 3.80. The molecule has 1 saturated heterocycles. The molecule has 2 amide bonds. The average Bonchev–Trinajstić information content (AvgIpc) is 3.12. The van der Waals surface area contributed by atoms with Crippen molar-refractivity contribution >= 4 is 17.2 Å². The standard InChI is InChI=1S/C23H30N6O/c1-18(2)10-12-25-23(30)28-15-13-27(14-16-28)17-21-26-20-9-6-11-24-22(20)29(21)19-7-4-3-5-8-19/h3-9,11,18H,10,12-17H2,1-2H3,(H,25,30). The zero-order valence-corrected chi connectivity index (χ0v) is 17.8. The molecule has 3 heterocycles. The van der Waals surface area contributed by atoms with Gasteiger partial charge in [0.25, 0.3) is 0 Å². The van der Waals surface area contributed by atoms with Crippen LogP contribution in [0.2, 0.25) is 0 Å². The molecule has 158 valence electrons. The molecule has 1 fully saturated rings. The fraction of sp³-hybridized carbons (Fsp3) is 0.435. The Labute approximate surface area is 177 Å². The maximum atomic E-state index is 12.4. The molecule has 1 aromatic carbocycles. The van der Waals surface area contributed by atoms with E-state index in [4.69, 9.17) is 4.98 Å². The molecular weight excluding hydrogens is 376 g/mol. The first kappa shape index (κ1) is 20.3. The number of amides is 2. The molecule has 0 spiro atoms. The van der Waals surface area contributed by atoms with E-state index in [1.165, 1.54) is 0 Å². The number of rotatable bonds is 6. The van der Waals surface area contributed by atoms with Gasteiger partial charge in [0.2, 0.25) is 0 Å². The Morgan fingerprint density at radius 3 is 2.57 bits per heavy atom. The van der Waals surface area contributed by atoms with Crippen molar-refractivity contribution in [3.63, 3.8) is 0 Å². The summed E-state index contributed by atoms with van der Waals surface area (Å²) in [5.74, 6) is 1.57. The summed E-state index contributed by atoms with van der Waals surface area (Å²) in [5, 5.41) is 3.04. The highest BCUT2D eigenvalue weighted by Gasteiger charge is 2.23. The lowest BCUT2D eigenvalue weighted by atomic mass is 10.1. The van der Waals surface area contributed by atoms with E-state index in [1.54, 1.807) is 0 Å². The first-order chi connectivity index (χ1) is 14.6. The number of carbonyl (C=O) groups is 1. The van der Waals surface area contributed by atoms with Crippen LogP contribution in [0.15, 0.2) is 48.7 Å². The second kappa shape index (κ2) is 9.26. The molecule has 0 bridgehead atoms. The minimum absolute atomic E-state index is 0.0519. The van der Waals surface area contributed by atoms with Crippen molar-refractivity contribution in [1.29, 1.82) is 0 Å². The number of para-hydroxylation sites is 1. The van der Waals surface area contributed by atoms with Gasteiger partial charge in [0.1, 0.15) is 11.3 Å².